The summed E-state index contributed by atoms with van der Waals surface area (Å²) in [4.78, 5) is 12.4. The number of aldehydes is 1. The van der Waals surface area contributed by atoms with E-state index in [9.17, 15) is 4.79 Å². The molecule has 0 radical (unpaired) electrons. The van der Waals surface area contributed by atoms with E-state index >= 15 is 0 Å². The van der Waals surface area contributed by atoms with Crippen molar-refractivity contribution in [1.29, 1.82) is 0 Å². The number of carbonyl (C=O) groups excluding carboxylic acids is 1. The van der Waals surface area contributed by atoms with Crippen molar-refractivity contribution in [1.82, 2.24) is 15.0 Å². The van der Waals surface area contributed by atoms with E-state index in [0.717, 1.165) is 24.1 Å². The Morgan fingerprint density at radius 1 is 1.24 bits per heavy atom. The summed E-state index contributed by atoms with van der Waals surface area (Å²) in [5.74, 6) is 0. The fraction of sp³-hybridized carbons (Fsp3) is 0.188. The first-order valence-corrected chi connectivity index (χ1v) is 7.72. The van der Waals surface area contributed by atoms with Gasteiger partial charge in [0.2, 0.25) is 0 Å². The number of benzene rings is 1. The maximum atomic E-state index is 11.2. The zero-order valence-corrected chi connectivity index (χ0v) is 12.5. The van der Waals surface area contributed by atoms with Crippen LogP contribution in [0.3, 0.4) is 0 Å². The third-order valence-corrected chi connectivity index (χ3v) is 4.30. The van der Waals surface area contributed by atoms with E-state index < -0.39 is 0 Å². The minimum atomic E-state index is 0.411. The summed E-state index contributed by atoms with van der Waals surface area (Å²) in [5, 5.41) is 10.2. The van der Waals surface area contributed by atoms with E-state index in [1.165, 1.54) is 10.4 Å². The van der Waals surface area contributed by atoms with Crippen LogP contribution in [-0.4, -0.2) is 21.3 Å². The molecule has 2 heterocycles. The SMILES string of the molecule is CCc1ccccc1-n1nnc(C=O)c1Cc1cccs1. The molecule has 5 heteroatoms. The zero-order valence-electron chi connectivity index (χ0n) is 11.7. The second kappa shape index (κ2) is 6.01. The van der Waals surface area contributed by atoms with Crippen LogP contribution in [0.5, 0.6) is 0 Å². The van der Waals surface area contributed by atoms with Crippen LogP contribution in [0.25, 0.3) is 5.69 Å². The van der Waals surface area contributed by atoms with E-state index in [0.29, 0.717) is 12.1 Å². The molecule has 0 saturated heterocycles. The molecule has 0 amide bonds. The molecule has 21 heavy (non-hydrogen) atoms. The van der Waals surface area contributed by atoms with Crippen molar-refractivity contribution in [2.45, 2.75) is 19.8 Å². The Morgan fingerprint density at radius 2 is 2.10 bits per heavy atom. The number of thiophene rings is 1. The topological polar surface area (TPSA) is 47.8 Å². The molecule has 0 aliphatic heterocycles. The highest BCUT2D eigenvalue weighted by Gasteiger charge is 2.16. The number of carbonyl (C=O) groups is 1. The normalized spacial score (nSPS) is 10.7. The third kappa shape index (κ3) is 2.64. The first-order valence-electron chi connectivity index (χ1n) is 6.84. The van der Waals surface area contributed by atoms with Crippen molar-refractivity contribution in [2.24, 2.45) is 0 Å². The highest BCUT2D eigenvalue weighted by Crippen LogP contribution is 2.21. The van der Waals surface area contributed by atoms with Crippen LogP contribution < -0.4 is 0 Å². The van der Waals surface area contributed by atoms with Gasteiger partial charge < -0.3 is 0 Å². The minimum absolute atomic E-state index is 0.411. The van der Waals surface area contributed by atoms with Crippen LogP contribution in [0.1, 0.15) is 33.5 Å². The van der Waals surface area contributed by atoms with Gasteiger partial charge in [0.25, 0.3) is 0 Å². The molecule has 0 N–H and O–H groups in total. The number of hydrogen-bond acceptors (Lipinski definition) is 4. The number of para-hydroxylation sites is 1. The van der Waals surface area contributed by atoms with Gasteiger partial charge in [-0.15, -0.1) is 16.4 Å². The molecule has 1 aromatic carbocycles. The smallest absolute Gasteiger partial charge is 0.172 e. The standard InChI is InChI=1S/C16H15N3OS/c1-2-12-6-3-4-8-15(12)19-16(14(11-20)17-18-19)10-13-7-5-9-21-13/h3-9,11H,2,10H2,1H3. The van der Waals surface area contributed by atoms with E-state index in [1.807, 2.05) is 29.6 Å². The molecule has 3 aromatic rings. The monoisotopic (exact) mass is 297 g/mol. The van der Waals surface area contributed by atoms with Gasteiger partial charge in [-0.25, -0.2) is 4.68 Å². The zero-order chi connectivity index (χ0) is 14.7. The Morgan fingerprint density at radius 3 is 2.81 bits per heavy atom. The van der Waals surface area contributed by atoms with Crippen molar-refractivity contribution in [3.63, 3.8) is 0 Å². The highest BCUT2D eigenvalue weighted by atomic mass is 32.1. The van der Waals surface area contributed by atoms with E-state index in [4.69, 9.17) is 0 Å². The largest absolute Gasteiger partial charge is 0.296 e. The lowest BCUT2D eigenvalue weighted by atomic mass is 10.1. The van der Waals surface area contributed by atoms with Crippen LogP contribution in [0.2, 0.25) is 0 Å². The molecule has 0 unspecified atom stereocenters. The van der Waals surface area contributed by atoms with Crippen molar-refractivity contribution < 1.29 is 4.79 Å². The van der Waals surface area contributed by atoms with Crippen molar-refractivity contribution >= 4 is 17.6 Å². The van der Waals surface area contributed by atoms with E-state index in [1.54, 1.807) is 16.0 Å². The summed E-state index contributed by atoms with van der Waals surface area (Å²) in [5.41, 5.74) is 3.43. The van der Waals surface area contributed by atoms with Gasteiger partial charge in [0, 0.05) is 11.3 Å². The summed E-state index contributed by atoms with van der Waals surface area (Å²) >= 11 is 1.67. The molecular formula is C16H15N3OS. The predicted octanol–water partition coefficient (Wildman–Crippen LogP) is 3.29. The van der Waals surface area contributed by atoms with Gasteiger partial charge >= 0.3 is 0 Å². The lowest BCUT2D eigenvalue weighted by Crippen LogP contribution is -2.06. The number of nitrogens with zero attached hydrogens (tertiary/aromatic N) is 3. The predicted molar refractivity (Wildman–Crippen MR) is 83.2 cm³/mol. The van der Waals surface area contributed by atoms with Crippen LogP contribution >= 0.6 is 11.3 Å². The number of rotatable bonds is 5. The first kappa shape index (κ1) is 13.7. The van der Waals surface area contributed by atoms with Crippen LogP contribution in [0.4, 0.5) is 0 Å². The second-order valence-electron chi connectivity index (χ2n) is 4.69. The van der Waals surface area contributed by atoms with Crippen molar-refractivity contribution in [2.75, 3.05) is 0 Å². The van der Waals surface area contributed by atoms with Gasteiger partial charge in [0.1, 0.15) is 5.69 Å². The summed E-state index contributed by atoms with van der Waals surface area (Å²) in [6.45, 7) is 2.11. The Labute approximate surface area is 127 Å². The van der Waals surface area contributed by atoms with Gasteiger partial charge in [-0.2, -0.15) is 0 Å². The van der Waals surface area contributed by atoms with E-state index in [2.05, 4.69) is 29.4 Å². The molecule has 0 spiro atoms. The molecule has 106 valence electrons. The maximum Gasteiger partial charge on any atom is 0.172 e. The Balaban J connectivity index is 2.10. The molecule has 3 rings (SSSR count). The number of aromatic nitrogens is 3. The van der Waals surface area contributed by atoms with Crippen LogP contribution in [0, 0.1) is 0 Å². The van der Waals surface area contributed by atoms with E-state index in [-0.39, 0.29) is 0 Å². The van der Waals surface area contributed by atoms with Crippen LogP contribution in [0.15, 0.2) is 41.8 Å². The van der Waals surface area contributed by atoms with Gasteiger partial charge in [0.05, 0.1) is 11.4 Å². The number of hydrogen-bond donors (Lipinski definition) is 0. The summed E-state index contributed by atoms with van der Waals surface area (Å²) in [6.07, 6.45) is 2.35. The average Bonchev–Trinajstić information content (AvgIpc) is 3.17. The molecular weight excluding hydrogens is 282 g/mol. The quantitative estimate of drug-likeness (QED) is 0.679. The summed E-state index contributed by atoms with van der Waals surface area (Å²) in [7, 11) is 0. The van der Waals surface area contributed by atoms with Crippen molar-refractivity contribution in [3.05, 3.63) is 63.6 Å². The molecule has 0 atom stereocenters. The molecule has 0 aliphatic rings. The fourth-order valence-corrected chi connectivity index (χ4v) is 3.07. The summed E-state index contributed by atoms with van der Waals surface area (Å²) < 4.78 is 1.79. The molecule has 0 bridgehead atoms. The Kier molecular flexibility index (Phi) is 3.92. The van der Waals surface area contributed by atoms with Gasteiger partial charge in [-0.05, 0) is 29.5 Å². The fourth-order valence-electron chi connectivity index (χ4n) is 2.36. The van der Waals surface area contributed by atoms with Gasteiger partial charge in [-0.3, -0.25) is 4.79 Å². The highest BCUT2D eigenvalue weighted by molar-refractivity contribution is 7.09. The third-order valence-electron chi connectivity index (χ3n) is 3.43. The molecule has 0 fully saturated rings. The van der Waals surface area contributed by atoms with Crippen LogP contribution in [-0.2, 0) is 12.8 Å². The Hall–Kier alpha value is -2.27. The minimum Gasteiger partial charge on any atom is -0.296 e. The van der Waals surface area contributed by atoms with Crippen molar-refractivity contribution in [3.8, 4) is 5.69 Å². The second-order valence-corrected chi connectivity index (χ2v) is 5.72. The maximum absolute atomic E-state index is 11.2. The summed E-state index contributed by atoms with van der Waals surface area (Å²) in [6, 6.07) is 12.1. The lowest BCUT2D eigenvalue weighted by molar-refractivity contribution is 0.111. The molecule has 4 nitrogen and oxygen atoms in total. The molecule has 0 saturated carbocycles. The van der Waals surface area contributed by atoms with Gasteiger partial charge in [-0.1, -0.05) is 36.4 Å². The molecule has 0 aliphatic carbocycles. The lowest BCUT2D eigenvalue weighted by Gasteiger charge is -2.10. The Bertz CT molecular complexity index is 747. The molecule has 2 aromatic heterocycles. The first-order chi connectivity index (χ1) is 10.3. The van der Waals surface area contributed by atoms with Gasteiger partial charge in [0.15, 0.2) is 6.29 Å². The number of aryl methyl sites for hydroxylation is 1. The average molecular weight is 297 g/mol.